The summed E-state index contributed by atoms with van der Waals surface area (Å²) in [6.45, 7) is 5.82. The van der Waals surface area contributed by atoms with E-state index in [0.717, 1.165) is 25.1 Å². The Bertz CT molecular complexity index is 818. The van der Waals surface area contributed by atoms with E-state index < -0.39 is 0 Å². The molecule has 5 heteroatoms. The van der Waals surface area contributed by atoms with Gasteiger partial charge in [-0.1, -0.05) is 23.8 Å². The Morgan fingerprint density at radius 2 is 2.16 bits per heavy atom. The number of amides is 1. The van der Waals surface area contributed by atoms with Crippen molar-refractivity contribution >= 4 is 11.6 Å². The van der Waals surface area contributed by atoms with E-state index in [-0.39, 0.29) is 5.91 Å². The molecule has 5 nitrogen and oxygen atoms in total. The molecule has 2 aromatic rings. The van der Waals surface area contributed by atoms with Gasteiger partial charge in [-0.15, -0.1) is 0 Å². The van der Waals surface area contributed by atoms with Crippen LogP contribution in [0.4, 0.5) is 5.69 Å². The highest BCUT2D eigenvalue weighted by molar-refractivity contribution is 5.92. The summed E-state index contributed by atoms with van der Waals surface area (Å²) in [5.41, 5.74) is 6.94. The Morgan fingerprint density at radius 3 is 2.88 bits per heavy atom. The van der Waals surface area contributed by atoms with Gasteiger partial charge in [-0.05, 0) is 43.5 Å². The number of aromatic nitrogens is 2. The number of rotatable bonds is 5. The minimum atomic E-state index is -0.0395. The first kappa shape index (κ1) is 17.0. The molecule has 0 saturated carbocycles. The Balaban J connectivity index is 1.72. The molecule has 1 aromatic carbocycles. The molecule has 1 aliphatic rings. The number of nitrogens with zero attached hydrogens (tertiary/aromatic N) is 2. The van der Waals surface area contributed by atoms with Crippen molar-refractivity contribution in [1.82, 2.24) is 15.5 Å². The van der Waals surface area contributed by atoms with E-state index in [1.54, 1.807) is 7.05 Å². The summed E-state index contributed by atoms with van der Waals surface area (Å²) >= 11 is 0. The summed E-state index contributed by atoms with van der Waals surface area (Å²) in [5.74, 6) is -0.0395. The third-order valence-electron chi connectivity index (χ3n) is 4.55. The Kier molecular flexibility index (Phi) is 5.03. The van der Waals surface area contributed by atoms with Gasteiger partial charge in [0.25, 0.3) is 0 Å². The number of carbonyl (C=O) groups excluding carboxylic acids is 1. The van der Waals surface area contributed by atoms with Crippen LogP contribution in [-0.4, -0.2) is 36.2 Å². The average molecular weight is 336 g/mol. The normalized spacial score (nSPS) is 14.6. The highest BCUT2D eigenvalue weighted by atomic mass is 16.1. The number of allylic oxidation sites excluding steroid dienone is 2. The van der Waals surface area contributed by atoms with E-state index in [4.69, 9.17) is 0 Å². The lowest BCUT2D eigenvalue weighted by Gasteiger charge is -2.20. The first-order valence-electron chi connectivity index (χ1n) is 8.51. The number of nitrogens with one attached hydrogen (secondary N) is 2. The molecule has 0 bridgehead atoms. The van der Waals surface area contributed by atoms with Crippen molar-refractivity contribution < 1.29 is 4.79 Å². The fourth-order valence-electron chi connectivity index (χ4n) is 3.12. The third-order valence-corrected chi connectivity index (χ3v) is 4.55. The van der Waals surface area contributed by atoms with E-state index in [2.05, 4.69) is 45.5 Å². The standard InChI is InChI=1S/C20H24N4O/c1-14(4-5-15(2)20(25)21-3)13-24-9-8-17-10-16(6-7-19(17)24)18-11-22-23-12-18/h4-7,10-12H,8-9,13H2,1-3H3,(H,21,25)(H,22,23)/b14-4+,15-5+. The van der Waals surface area contributed by atoms with Crippen molar-refractivity contribution in [2.75, 3.05) is 25.0 Å². The van der Waals surface area contributed by atoms with Crippen molar-refractivity contribution in [3.8, 4) is 11.1 Å². The zero-order valence-electron chi connectivity index (χ0n) is 15.0. The Labute approximate surface area is 148 Å². The predicted octanol–water partition coefficient (Wildman–Crippen LogP) is 3.08. The number of H-pyrrole nitrogens is 1. The van der Waals surface area contributed by atoms with Crippen LogP contribution in [0.3, 0.4) is 0 Å². The van der Waals surface area contributed by atoms with Gasteiger partial charge in [0.2, 0.25) is 5.91 Å². The number of hydrogen-bond donors (Lipinski definition) is 2. The highest BCUT2D eigenvalue weighted by Crippen LogP contribution is 2.32. The van der Waals surface area contributed by atoms with Crippen molar-refractivity contribution in [2.45, 2.75) is 20.3 Å². The molecule has 0 saturated heterocycles. The van der Waals surface area contributed by atoms with Crippen LogP contribution in [0.1, 0.15) is 19.4 Å². The van der Waals surface area contributed by atoms with Crippen LogP contribution in [0.25, 0.3) is 11.1 Å². The second-order valence-corrected chi connectivity index (χ2v) is 6.44. The molecule has 130 valence electrons. The van der Waals surface area contributed by atoms with Crippen molar-refractivity contribution in [3.05, 3.63) is 59.5 Å². The van der Waals surface area contributed by atoms with Crippen molar-refractivity contribution in [3.63, 3.8) is 0 Å². The largest absolute Gasteiger partial charge is 0.367 e. The molecule has 0 atom stereocenters. The zero-order chi connectivity index (χ0) is 17.8. The number of hydrogen-bond acceptors (Lipinski definition) is 3. The SMILES string of the molecule is CNC(=O)/C(C)=C/C=C(\C)CN1CCc2cc(-c3cn[nH]c3)ccc21. The minimum absolute atomic E-state index is 0.0395. The zero-order valence-corrected chi connectivity index (χ0v) is 15.0. The molecule has 0 aliphatic carbocycles. The second-order valence-electron chi connectivity index (χ2n) is 6.44. The van der Waals surface area contributed by atoms with Crippen molar-refractivity contribution in [1.29, 1.82) is 0 Å². The lowest BCUT2D eigenvalue weighted by Crippen LogP contribution is -2.22. The van der Waals surface area contributed by atoms with Crippen LogP contribution in [0.2, 0.25) is 0 Å². The summed E-state index contributed by atoms with van der Waals surface area (Å²) in [6, 6.07) is 6.61. The number of fused-ring (bicyclic) bond motifs is 1. The van der Waals surface area contributed by atoms with Gasteiger partial charge in [0.1, 0.15) is 0 Å². The molecule has 0 fully saturated rings. The van der Waals surface area contributed by atoms with Gasteiger partial charge in [-0.25, -0.2) is 0 Å². The van der Waals surface area contributed by atoms with Crippen LogP contribution >= 0.6 is 0 Å². The monoisotopic (exact) mass is 336 g/mol. The molecule has 1 aromatic heterocycles. The molecule has 2 N–H and O–H groups in total. The molecular weight excluding hydrogens is 312 g/mol. The molecule has 25 heavy (non-hydrogen) atoms. The number of carbonyl (C=O) groups is 1. The maximum atomic E-state index is 11.5. The third kappa shape index (κ3) is 3.82. The summed E-state index contributed by atoms with van der Waals surface area (Å²) in [7, 11) is 1.65. The molecule has 1 aliphatic heterocycles. The van der Waals surface area contributed by atoms with Crippen LogP contribution in [0, 0.1) is 0 Å². The lowest BCUT2D eigenvalue weighted by atomic mass is 10.0. The summed E-state index contributed by atoms with van der Waals surface area (Å²) < 4.78 is 0. The van der Waals surface area contributed by atoms with Crippen LogP contribution in [0.15, 0.2) is 53.9 Å². The number of benzene rings is 1. The topological polar surface area (TPSA) is 61.0 Å². The molecule has 2 heterocycles. The van der Waals surface area contributed by atoms with Gasteiger partial charge < -0.3 is 10.2 Å². The Morgan fingerprint density at radius 1 is 1.32 bits per heavy atom. The predicted molar refractivity (Wildman–Crippen MR) is 102 cm³/mol. The molecule has 3 rings (SSSR count). The minimum Gasteiger partial charge on any atom is -0.367 e. The van der Waals surface area contributed by atoms with Gasteiger partial charge in [-0.2, -0.15) is 5.10 Å². The second kappa shape index (κ2) is 7.38. The van der Waals surface area contributed by atoms with E-state index in [1.165, 1.54) is 22.4 Å². The molecule has 1 amide bonds. The van der Waals surface area contributed by atoms with Gasteiger partial charge in [0.15, 0.2) is 0 Å². The Hall–Kier alpha value is -2.82. The average Bonchev–Trinajstić information content (AvgIpc) is 3.29. The lowest BCUT2D eigenvalue weighted by molar-refractivity contribution is -0.116. The van der Waals surface area contributed by atoms with E-state index in [9.17, 15) is 4.79 Å². The number of likely N-dealkylation sites (N-methyl/N-ethyl adjacent to an activating group) is 1. The van der Waals surface area contributed by atoms with Crippen LogP contribution in [0.5, 0.6) is 0 Å². The molecular formula is C20H24N4O. The van der Waals surface area contributed by atoms with E-state index >= 15 is 0 Å². The summed E-state index contributed by atoms with van der Waals surface area (Å²) in [6.07, 6.45) is 8.74. The quantitative estimate of drug-likeness (QED) is 0.651. The van der Waals surface area contributed by atoms with E-state index in [1.807, 2.05) is 31.5 Å². The molecule has 0 unspecified atom stereocenters. The van der Waals surface area contributed by atoms with Gasteiger partial charge in [-0.3, -0.25) is 9.89 Å². The smallest absolute Gasteiger partial charge is 0.246 e. The number of aromatic amines is 1. The summed E-state index contributed by atoms with van der Waals surface area (Å²) in [4.78, 5) is 13.9. The first-order chi connectivity index (χ1) is 12.1. The van der Waals surface area contributed by atoms with E-state index in [0.29, 0.717) is 5.57 Å². The van der Waals surface area contributed by atoms with Crippen LogP contribution < -0.4 is 10.2 Å². The van der Waals surface area contributed by atoms with Crippen molar-refractivity contribution in [2.24, 2.45) is 0 Å². The fourth-order valence-corrected chi connectivity index (χ4v) is 3.12. The maximum absolute atomic E-state index is 11.5. The molecule has 0 radical (unpaired) electrons. The van der Waals surface area contributed by atoms with Gasteiger partial charge >= 0.3 is 0 Å². The van der Waals surface area contributed by atoms with Gasteiger partial charge in [0, 0.05) is 43.2 Å². The highest BCUT2D eigenvalue weighted by Gasteiger charge is 2.19. The van der Waals surface area contributed by atoms with Crippen LogP contribution in [-0.2, 0) is 11.2 Å². The summed E-state index contributed by atoms with van der Waals surface area (Å²) in [5, 5.41) is 9.52. The fraction of sp³-hybridized carbons (Fsp3) is 0.300. The number of anilines is 1. The molecule has 0 spiro atoms. The maximum Gasteiger partial charge on any atom is 0.246 e. The first-order valence-corrected chi connectivity index (χ1v) is 8.51. The van der Waals surface area contributed by atoms with Gasteiger partial charge in [0.05, 0.1) is 6.20 Å².